The van der Waals surface area contributed by atoms with E-state index < -0.39 is 12.0 Å². The van der Waals surface area contributed by atoms with Gasteiger partial charge in [0.15, 0.2) is 4.80 Å². The van der Waals surface area contributed by atoms with Crippen LogP contribution in [0.4, 0.5) is 0 Å². The maximum absolute atomic E-state index is 13.4. The molecule has 8 heteroatoms. The molecule has 0 amide bonds. The molecule has 31 heavy (non-hydrogen) atoms. The number of fused-ring (bicyclic) bond motifs is 1. The fourth-order valence-corrected chi connectivity index (χ4v) is 4.94. The number of thiazole rings is 1. The highest BCUT2D eigenvalue weighted by Crippen LogP contribution is 2.30. The van der Waals surface area contributed by atoms with Crippen LogP contribution in [0, 0.1) is 0 Å². The average Bonchev–Trinajstić information content (AvgIpc) is 3.05. The van der Waals surface area contributed by atoms with Crippen molar-refractivity contribution in [1.82, 2.24) is 4.57 Å². The van der Waals surface area contributed by atoms with Crippen molar-refractivity contribution >= 4 is 39.3 Å². The third kappa shape index (κ3) is 4.00. The number of esters is 1. The minimum absolute atomic E-state index is 0.0667. The zero-order chi connectivity index (χ0) is 22.1. The van der Waals surface area contributed by atoms with Gasteiger partial charge in [-0.25, -0.2) is 9.79 Å². The molecular weight excluding hydrogens is 480 g/mol. The van der Waals surface area contributed by atoms with E-state index in [1.807, 2.05) is 30.3 Å². The third-order valence-corrected chi connectivity index (χ3v) is 6.38. The molecule has 3 aromatic rings. The molecule has 0 saturated heterocycles. The number of nitrogens with zero attached hydrogens (tertiary/aromatic N) is 2. The van der Waals surface area contributed by atoms with Gasteiger partial charge in [-0.15, -0.1) is 0 Å². The van der Waals surface area contributed by atoms with E-state index in [1.54, 1.807) is 38.1 Å². The summed E-state index contributed by atoms with van der Waals surface area (Å²) in [6, 6.07) is 13.7. The summed E-state index contributed by atoms with van der Waals surface area (Å²) in [7, 11) is 0. The van der Waals surface area contributed by atoms with E-state index in [4.69, 9.17) is 4.74 Å². The van der Waals surface area contributed by atoms with Crippen LogP contribution in [0.15, 0.2) is 74.1 Å². The number of halogens is 1. The van der Waals surface area contributed by atoms with Crippen molar-refractivity contribution in [2.45, 2.75) is 19.9 Å². The SMILES string of the molecule is CCOC(=O)C1=C(C)N=c2s/c(=C\c3cc(Br)ccc3O)c(=O)n2C1c1ccccc1. The number of phenolic OH excluding ortho intramolecular Hbond substituents is 1. The quantitative estimate of drug-likeness (QED) is 0.559. The largest absolute Gasteiger partial charge is 0.507 e. The van der Waals surface area contributed by atoms with Gasteiger partial charge in [-0.2, -0.15) is 0 Å². The first kappa shape index (κ1) is 21.3. The molecule has 1 atom stereocenters. The number of carbonyl (C=O) groups excluding carboxylic acids is 1. The van der Waals surface area contributed by atoms with E-state index in [2.05, 4.69) is 20.9 Å². The first-order chi connectivity index (χ1) is 14.9. The average molecular weight is 499 g/mol. The van der Waals surface area contributed by atoms with Crippen LogP contribution in [0.1, 0.15) is 31.0 Å². The van der Waals surface area contributed by atoms with E-state index in [0.717, 1.165) is 10.0 Å². The Bertz CT molecular complexity index is 1370. The normalized spacial score (nSPS) is 16.1. The summed E-state index contributed by atoms with van der Waals surface area (Å²) in [6.45, 7) is 3.72. The molecule has 1 N–H and O–H groups in total. The Morgan fingerprint density at radius 3 is 2.74 bits per heavy atom. The smallest absolute Gasteiger partial charge is 0.338 e. The Kier molecular flexibility index (Phi) is 5.93. The van der Waals surface area contributed by atoms with E-state index in [9.17, 15) is 14.7 Å². The molecule has 2 aromatic carbocycles. The first-order valence-electron chi connectivity index (χ1n) is 9.64. The van der Waals surface area contributed by atoms with Gasteiger partial charge < -0.3 is 9.84 Å². The first-order valence-corrected chi connectivity index (χ1v) is 11.2. The van der Waals surface area contributed by atoms with Crippen LogP contribution < -0.4 is 14.9 Å². The second-order valence-corrected chi connectivity index (χ2v) is 8.84. The lowest BCUT2D eigenvalue weighted by Crippen LogP contribution is -2.39. The van der Waals surface area contributed by atoms with Gasteiger partial charge in [-0.3, -0.25) is 9.36 Å². The Morgan fingerprint density at radius 2 is 2.03 bits per heavy atom. The van der Waals surface area contributed by atoms with Crippen molar-refractivity contribution in [2.75, 3.05) is 6.61 Å². The highest BCUT2D eigenvalue weighted by atomic mass is 79.9. The molecule has 1 aliphatic heterocycles. The third-order valence-electron chi connectivity index (χ3n) is 4.91. The molecule has 0 bridgehead atoms. The number of phenols is 1. The van der Waals surface area contributed by atoms with E-state index in [0.29, 0.717) is 26.2 Å². The fourth-order valence-electron chi connectivity index (χ4n) is 3.52. The zero-order valence-electron chi connectivity index (χ0n) is 16.8. The summed E-state index contributed by atoms with van der Waals surface area (Å²) in [5, 5.41) is 10.2. The highest BCUT2D eigenvalue weighted by Gasteiger charge is 2.33. The Morgan fingerprint density at radius 1 is 1.29 bits per heavy atom. The summed E-state index contributed by atoms with van der Waals surface area (Å²) in [5.41, 5.74) is 1.88. The highest BCUT2D eigenvalue weighted by molar-refractivity contribution is 9.10. The maximum Gasteiger partial charge on any atom is 0.338 e. The molecule has 4 rings (SSSR count). The number of aromatic nitrogens is 1. The number of rotatable bonds is 4. The van der Waals surface area contributed by atoms with Crippen LogP contribution in [-0.4, -0.2) is 22.2 Å². The van der Waals surface area contributed by atoms with Gasteiger partial charge in [0.05, 0.1) is 28.5 Å². The zero-order valence-corrected chi connectivity index (χ0v) is 19.2. The number of aromatic hydroxyl groups is 1. The summed E-state index contributed by atoms with van der Waals surface area (Å²) in [4.78, 5) is 31.3. The van der Waals surface area contributed by atoms with E-state index in [1.165, 1.54) is 15.9 Å². The van der Waals surface area contributed by atoms with Gasteiger partial charge in [0.2, 0.25) is 0 Å². The lowest BCUT2D eigenvalue weighted by Gasteiger charge is -2.24. The Balaban J connectivity index is 1.97. The molecule has 0 fully saturated rings. The molecule has 1 aromatic heterocycles. The van der Waals surface area contributed by atoms with Gasteiger partial charge in [0.25, 0.3) is 5.56 Å². The van der Waals surface area contributed by atoms with Crippen molar-refractivity contribution in [3.63, 3.8) is 0 Å². The van der Waals surface area contributed by atoms with Crippen molar-refractivity contribution in [2.24, 2.45) is 4.99 Å². The fraction of sp³-hybridized carbons (Fsp3) is 0.174. The number of ether oxygens (including phenoxy) is 1. The van der Waals surface area contributed by atoms with Gasteiger partial charge in [0, 0.05) is 10.0 Å². The minimum Gasteiger partial charge on any atom is -0.507 e. The minimum atomic E-state index is -0.644. The van der Waals surface area contributed by atoms with Gasteiger partial charge >= 0.3 is 5.97 Å². The number of allylic oxidation sites excluding steroid dienone is 1. The number of benzene rings is 2. The monoisotopic (exact) mass is 498 g/mol. The summed E-state index contributed by atoms with van der Waals surface area (Å²) in [6.07, 6.45) is 1.63. The van der Waals surface area contributed by atoms with Crippen LogP contribution in [0.2, 0.25) is 0 Å². The van der Waals surface area contributed by atoms with Crippen molar-refractivity contribution in [1.29, 1.82) is 0 Å². The van der Waals surface area contributed by atoms with Gasteiger partial charge in [-0.1, -0.05) is 57.6 Å². The molecule has 6 nitrogen and oxygen atoms in total. The lowest BCUT2D eigenvalue weighted by atomic mass is 9.96. The number of carbonyl (C=O) groups is 1. The van der Waals surface area contributed by atoms with E-state index >= 15 is 0 Å². The number of hydrogen-bond donors (Lipinski definition) is 1. The molecule has 1 aliphatic rings. The topological polar surface area (TPSA) is 80.9 Å². The molecule has 2 heterocycles. The van der Waals surface area contributed by atoms with Gasteiger partial charge in [-0.05, 0) is 43.7 Å². The summed E-state index contributed by atoms with van der Waals surface area (Å²) in [5.74, 6) is -0.423. The molecule has 1 unspecified atom stereocenters. The van der Waals surface area contributed by atoms with Crippen LogP contribution in [0.5, 0.6) is 5.75 Å². The molecular formula is C23H19BrN2O4S. The number of hydrogen-bond acceptors (Lipinski definition) is 6. The molecule has 0 radical (unpaired) electrons. The maximum atomic E-state index is 13.4. The Hall–Kier alpha value is -2.97. The van der Waals surface area contributed by atoms with Crippen molar-refractivity contribution in [3.8, 4) is 5.75 Å². The Labute approximate surface area is 190 Å². The second kappa shape index (κ2) is 8.64. The standard InChI is InChI=1S/C23H19BrN2O4S/c1-3-30-22(29)19-13(2)25-23-26(20(19)14-7-5-4-6-8-14)21(28)18(31-23)12-15-11-16(24)9-10-17(15)27/h4-12,20,27H,3H2,1-2H3/b18-12-. The van der Waals surface area contributed by atoms with E-state index in [-0.39, 0.29) is 17.9 Å². The predicted molar refractivity (Wildman–Crippen MR) is 123 cm³/mol. The molecule has 0 spiro atoms. The van der Waals surface area contributed by atoms with Crippen LogP contribution in [0.25, 0.3) is 6.08 Å². The lowest BCUT2D eigenvalue weighted by molar-refractivity contribution is -0.139. The molecule has 0 saturated carbocycles. The summed E-state index contributed by atoms with van der Waals surface area (Å²) >= 11 is 4.60. The second-order valence-electron chi connectivity index (χ2n) is 6.92. The van der Waals surface area contributed by atoms with Crippen LogP contribution in [-0.2, 0) is 9.53 Å². The predicted octanol–water partition coefficient (Wildman–Crippen LogP) is 3.27. The van der Waals surface area contributed by atoms with Crippen molar-refractivity contribution in [3.05, 3.63) is 95.1 Å². The molecule has 158 valence electrons. The summed E-state index contributed by atoms with van der Waals surface area (Å²) < 4.78 is 8.00. The van der Waals surface area contributed by atoms with Crippen molar-refractivity contribution < 1.29 is 14.6 Å². The van der Waals surface area contributed by atoms with Gasteiger partial charge in [0.1, 0.15) is 5.75 Å². The molecule has 0 aliphatic carbocycles. The van der Waals surface area contributed by atoms with Crippen LogP contribution >= 0.6 is 27.3 Å². The van der Waals surface area contributed by atoms with Crippen LogP contribution in [0.3, 0.4) is 0 Å².